The molecule has 2 heteroatoms. The van der Waals surface area contributed by atoms with E-state index in [2.05, 4.69) is 18.3 Å². The molecule has 0 aliphatic heterocycles. The van der Waals surface area contributed by atoms with Crippen molar-refractivity contribution in [1.29, 1.82) is 5.26 Å². The topological polar surface area (TPSA) is 35.8 Å². The lowest BCUT2D eigenvalue weighted by molar-refractivity contribution is 0.281. The number of nitrogens with one attached hydrogen (secondary N) is 1. The molecule has 1 aromatic rings. The first-order valence-electron chi connectivity index (χ1n) is 7.49. The van der Waals surface area contributed by atoms with Gasteiger partial charge in [-0.25, -0.2) is 0 Å². The van der Waals surface area contributed by atoms with Gasteiger partial charge in [0, 0.05) is 12.6 Å². The van der Waals surface area contributed by atoms with Gasteiger partial charge >= 0.3 is 0 Å². The summed E-state index contributed by atoms with van der Waals surface area (Å²) in [4.78, 5) is 0. The van der Waals surface area contributed by atoms with Crippen molar-refractivity contribution in [2.45, 2.75) is 51.0 Å². The highest BCUT2D eigenvalue weighted by atomic mass is 14.9. The van der Waals surface area contributed by atoms with Crippen molar-refractivity contribution in [3.8, 4) is 6.07 Å². The van der Waals surface area contributed by atoms with Crippen LogP contribution in [0.4, 0.5) is 0 Å². The maximum absolute atomic E-state index is 9.31. The summed E-state index contributed by atoms with van der Waals surface area (Å²) >= 11 is 0. The maximum atomic E-state index is 9.31. The van der Waals surface area contributed by atoms with Crippen LogP contribution in [0.2, 0.25) is 0 Å². The molecule has 0 amide bonds. The predicted molar refractivity (Wildman–Crippen MR) is 78.8 cm³/mol. The van der Waals surface area contributed by atoms with E-state index in [0.717, 1.165) is 18.0 Å². The van der Waals surface area contributed by atoms with Crippen LogP contribution in [0.5, 0.6) is 0 Å². The quantitative estimate of drug-likeness (QED) is 0.868. The smallest absolute Gasteiger partial charge is 0.0837 e. The fourth-order valence-electron chi connectivity index (χ4n) is 3.03. The molecular formula is C17H24N2. The average molecular weight is 256 g/mol. The first-order chi connectivity index (χ1) is 9.31. The van der Waals surface area contributed by atoms with Gasteiger partial charge in [0.05, 0.1) is 12.0 Å². The molecule has 2 atom stereocenters. The Morgan fingerprint density at radius 1 is 1.21 bits per heavy atom. The molecule has 1 aliphatic rings. The van der Waals surface area contributed by atoms with Crippen molar-refractivity contribution >= 4 is 0 Å². The molecule has 2 rings (SSSR count). The Kier molecular flexibility index (Phi) is 5.42. The summed E-state index contributed by atoms with van der Waals surface area (Å²) < 4.78 is 0. The van der Waals surface area contributed by atoms with Crippen LogP contribution in [0.1, 0.15) is 50.5 Å². The highest BCUT2D eigenvalue weighted by molar-refractivity contribution is 5.25. The Hall–Kier alpha value is -1.33. The molecule has 0 bridgehead atoms. The van der Waals surface area contributed by atoms with Crippen LogP contribution in [0.3, 0.4) is 0 Å². The molecule has 0 saturated heterocycles. The van der Waals surface area contributed by atoms with E-state index in [4.69, 9.17) is 0 Å². The van der Waals surface area contributed by atoms with Crippen LogP contribution in [-0.2, 0) is 0 Å². The van der Waals surface area contributed by atoms with Gasteiger partial charge in [-0.05, 0) is 31.2 Å². The first kappa shape index (κ1) is 14.1. The third-order valence-corrected chi connectivity index (χ3v) is 4.36. The Labute approximate surface area is 116 Å². The molecule has 0 heterocycles. The van der Waals surface area contributed by atoms with Crippen molar-refractivity contribution in [2.75, 3.05) is 6.54 Å². The van der Waals surface area contributed by atoms with Gasteiger partial charge in [-0.1, -0.05) is 49.6 Å². The Morgan fingerprint density at radius 3 is 2.53 bits per heavy atom. The minimum atomic E-state index is -0.0350. The number of hydrogen-bond donors (Lipinski definition) is 1. The predicted octanol–water partition coefficient (Wildman–Crippen LogP) is 3.85. The lowest BCUT2D eigenvalue weighted by Crippen LogP contribution is -2.37. The van der Waals surface area contributed by atoms with E-state index < -0.39 is 0 Å². The third-order valence-electron chi connectivity index (χ3n) is 4.36. The van der Waals surface area contributed by atoms with Crippen molar-refractivity contribution in [3.05, 3.63) is 35.9 Å². The van der Waals surface area contributed by atoms with Gasteiger partial charge in [-0.15, -0.1) is 0 Å². The molecule has 1 saturated carbocycles. The van der Waals surface area contributed by atoms with Gasteiger partial charge in [0.1, 0.15) is 0 Å². The summed E-state index contributed by atoms with van der Waals surface area (Å²) in [6.07, 6.45) is 6.83. The Balaban J connectivity index is 1.84. The van der Waals surface area contributed by atoms with Crippen molar-refractivity contribution in [2.24, 2.45) is 5.92 Å². The number of nitriles is 1. The van der Waals surface area contributed by atoms with Gasteiger partial charge in [-0.3, -0.25) is 0 Å². The normalized spacial score (nSPS) is 19.6. The molecule has 2 nitrogen and oxygen atoms in total. The van der Waals surface area contributed by atoms with E-state index in [1.54, 1.807) is 0 Å². The van der Waals surface area contributed by atoms with Crippen molar-refractivity contribution in [3.63, 3.8) is 0 Å². The standard InChI is InChI=1S/C17H24N2/c1-14(15-8-4-2-5-9-15)19-13-17(12-18)16-10-6-3-7-11-16/h3,6-7,10-11,14-15,17,19H,2,4-5,8-9,13H2,1H3/t14-,17?/m0/s1. The second-order valence-electron chi connectivity index (χ2n) is 5.69. The molecule has 0 radical (unpaired) electrons. The van der Waals surface area contributed by atoms with Crippen LogP contribution in [0, 0.1) is 17.2 Å². The van der Waals surface area contributed by atoms with Crippen LogP contribution >= 0.6 is 0 Å². The molecule has 1 fully saturated rings. The average Bonchev–Trinajstić information content (AvgIpc) is 2.49. The number of benzene rings is 1. The molecule has 102 valence electrons. The number of nitrogens with zero attached hydrogens (tertiary/aromatic N) is 1. The third kappa shape index (κ3) is 4.08. The Bertz CT molecular complexity index is 401. The number of hydrogen-bond acceptors (Lipinski definition) is 2. The summed E-state index contributed by atoms with van der Waals surface area (Å²) in [5.74, 6) is 0.760. The minimum Gasteiger partial charge on any atom is -0.312 e. The Morgan fingerprint density at radius 2 is 1.89 bits per heavy atom. The zero-order chi connectivity index (χ0) is 13.5. The molecule has 1 aromatic carbocycles. The molecule has 1 aliphatic carbocycles. The maximum Gasteiger partial charge on any atom is 0.0837 e. The van der Waals surface area contributed by atoms with Gasteiger partial charge in [0.25, 0.3) is 0 Å². The van der Waals surface area contributed by atoms with E-state index in [9.17, 15) is 5.26 Å². The van der Waals surface area contributed by atoms with Crippen LogP contribution in [-0.4, -0.2) is 12.6 Å². The van der Waals surface area contributed by atoms with E-state index >= 15 is 0 Å². The molecule has 0 spiro atoms. The first-order valence-corrected chi connectivity index (χ1v) is 7.49. The molecule has 1 N–H and O–H groups in total. The largest absolute Gasteiger partial charge is 0.312 e. The highest BCUT2D eigenvalue weighted by Crippen LogP contribution is 2.26. The zero-order valence-corrected chi connectivity index (χ0v) is 11.8. The molecule has 19 heavy (non-hydrogen) atoms. The monoisotopic (exact) mass is 256 g/mol. The second-order valence-corrected chi connectivity index (χ2v) is 5.69. The summed E-state index contributed by atoms with van der Waals surface area (Å²) in [5, 5.41) is 12.9. The van der Waals surface area contributed by atoms with Gasteiger partial charge in [0.15, 0.2) is 0 Å². The highest BCUT2D eigenvalue weighted by Gasteiger charge is 2.20. The molecular weight excluding hydrogens is 232 g/mol. The second kappa shape index (κ2) is 7.31. The minimum absolute atomic E-state index is 0.0350. The summed E-state index contributed by atoms with van der Waals surface area (Å²) in [6, 6.07) is 13.0. The van der Waals surface area contributed by atoms with E-state index in [-0.39, 0.29) is 5.92 Å². The SMILES string of the molecule is C[C@H](NCC(C#N)c1ccccc1)C1CCCCC1. The van der Waals surface area contributed by atoms with E-state index in [0.29, 0.717) is 6.04 Å². The fourth-order valence-corrected chi connectivity index (χ4v) is 3.03. The van der Waals surface area contributed by atoms with Gasteiger partial charge < -0.3 is 5.32 Å². The summed E-state index contributed by atoms with van der Waals surface area (Å²) in [6.45, 7) is 3.04. The zero-order valence-electron chi connectivity index (χ0n) is 11.8. The van der Waals surface area contributed by atoms with Gasteiger partial charge in [0.2, 0.25) is 0 Å². The van der Waals surface area contributed by atoms with Crippen LogP contribution in [0.15, 0.2) is 30.3 Å². The van der Waals surface area contributed by atoms with Crippen molar-refractivity contribution < 1.29 is 0 Å². The van der Waals surface area contributed by atoms with Crippen molar-refractivity contribution in [1.82, 2.24) is 5.32 Å². The lowest BCUT2D eigenvalue weighted by Gasteiger charge is -2.29. The summed E-state index contributed by atoms with van der Waals surface area (Å²) in [5.41, 5.74) is 1.12. The van der Waals surface area contributed by atoms with Gasteiger partial charge in [-0.2, -0.15) is 5.26 Å². The fraction of sp³-hybridized carbons (Fsp3) is 0.588. The molecule has 1 unspecified atom stereocenters. The van der Waals surface area contributed by atoms with Crippen LogP contribution in [0.25, 0.3) is 0 Å². The summed E-state index contributed by atoms with van der Waals surface area (Å²) in [7, 11) is 0. The number of rotatable bonds is 5. The van der Waals surface area contributed by atoms with E-state index in [1.807, 2.05) is 30.3 Å². The lowest BCUT2D eigenvalue weighted by atomic mass is 9.84. The van der Waals surface area contributed by atoms with Crippen LogP contribution < -0.4 is 5.32 Å². The molecule has 0 aromatic heterocycles. The van der Waals surface area contributed by atoms with E-state index in [1.165, 1.54) is 32.1 Å².